The Morgan fingerprint density at radius 3 is 2.55 bits per heavy atom. The number of amides is 1. The van der Waals surface area contributed by atoms with Crippen LogP contribution in [0.1, 0.15) is 35.8 Å². The van der Waals surface area contributed by atoms with E-state index in [9.17, 15) is 18.0 Å². The van der Waals surface area contributed by atoms with Gasteiger partial charge in [0.05, 0.1) is 11.1 Å². The van der Waals surface area contributed by atoms with Crippen LogP contribution in [0.3, 0.4) is 0 Å². The molecule has 20 heavy (non-hydrogen) atoms. The molecule has 2 N–H and O–H groups in total. The zero-order valence-electron chi connectivity index (χ0n) is 11.1. The fourth-order valence-corrected chi connectivity index (χ4v) is 2.36. The number of aromatic nitrogens is 1. The normalized spacial score (nSPS) is 17.8. The van der Waals surface area contributed by atoms with Crippen LogP contribution in [-0.4, -0.2) is 34.4 Å². The number of nitrogens with two attached hydrogens (primary N) is 1. The summed E-state index contributed by atoms with van der Waals surface area (Å²) in [6.45, 7) is 2.85. The molecule has 0 radical (unpaired) electrons. The highest BCUT2D eigenvalue weighted by Crippen LogP contribution is 2.29. The minimum Gasteiger partial charge on any atom is -0.333 e. The van der Waals surface area contributed by atoms with E-state index in [-0.39, 0.29) is 17.1 Å². The highest BCUT2D eigenvalue weighted by atomic mass is 19.4. The molecular formula is C13H16F3N3O. The molecule has 1 amide bonds. The highest BCUT2D eigenvalue weighted by molar-refractivity contribution is 5.93. The van der Waals surface area contributed by atoms with Crippen LogP contribution in [-0.2, 0) is 6.18 Å². The summed E-state index contributed by atoms with van der Waals surface area (Å²) in [6.07, 6.45) is -2.03. The first kappa shape index (κ1) is 14.8. The Morgan fingerprint density at radius 1 is 1.45 bits per heavy atom. The van der Waals surface area contributed by atoms with E-state index >= 15 is 0 Å². The fraction of sp³-hybridized carbons (Fsp3) is 0.538. The molecule has 1 saturated heterocycles. The topological polar surface area (TPSA) is 59.2 Å². The van der Waals surface area contributed by atoms with Gasteiger partial charge in [-0.25, -0.2) is 0 Å². The Labute approximate surface area is 114 Å². The summed E-state index contributed by atoms with van der Waals surface area (Å²) in [5, 5.41) is 0. The van der Waals surface area contributed by atoms with Gasteiger partial charge in [0, 0.05) is 19.3 Å². The number of likely N-dealkylation sites (tertiary alicyclic amines) is 1. The molecule has 0 unspecified atom stereocenters. The van der Waals surface area contributed by atoms with Crippen LogP contribution < -0.4 is 5.73 Å². The van der Waals surface area contributed by atoms with Crippen molar-refractivity contribution < 1.29 is 18.0 Å². The van der Waals surface area contributed by atoms with Gasteiger partial charge in [0.15, 0.2) is 0 Å². The van der Waals surface area contributed by atoms with Crippen LogP contribution in [0.2, 0.25) is 0 Å². The lowest BCUT2D eigenvalue weighted by Crippen LogP contribution is -2.68. The van der Waals surface area contributed by atoms with Gasteiger partial charge >= 0.3 is 6.18 Å². The summed E-state index contributed by atoms with van der Waals surface area (Å²) in [7, 11) is 0. The molecule has 0 spiro atoms. The van der Waals surface area contributed by atoms with Crippen LogP contribution >= 0.6 is 0 Å². The van der Waals surface area contributed by atoms with E-state index in [2.05, 4.69) is 4.98 Å². The van der Waals surface area contributed by atoms with Crippen molar-refractivity contribution in [3.63, 3.8) is 0 Å². The average Bonchev–Trinajstić information content (AvgIpc) is 2.34. The maximum Gasteiger partial charge on any atom is 0.417 e. The second-order valence-electron chi connectivity index (χ2n) is 5.20. The van der Waals surface area contributed by atoms with Gasteiger partial charge in [0.25, 0.3) is 5.91 Å². The predicted octanol–water partition coefficient (Wildman–Crippen LogP) is 2.05. The van der Waals surface area contributed by atoms with Crippen LogP contribution in [0, 0.1) is 0 Å². The fourth-order valence-electron chi connectivity index (χ4n) is 2.36. The molecule has 7 heteroatoms. The van der Waals surface area contributed by atoms with E-state index in [1.165, 1.54) is 4.90 Å². The first-order valence-corrected chi connectivity index (χ1v) is 6.36. The largest absolute Gasteiger partial charge is 0.417 e. The van der Waals surface area contributed by atoms with Gasteiger partial charge in [-0.1, -0.05) is 13.3 Å². The number of pyridine rings is 1. The van der Waals surface area contributed by atoms with E-state index in [1.807, 2.05) is 6.92 Å². The Bertz CT molecular complexity index is 493. The molecule has 2 rings (SSSR count). The van der Waals surface area contributed by atoms with E-state index < -0.39 is 11.7 Å². The van der Waals surface area contributed by atoms with E-state index in [4.69, 9.17) is 5.73 Å². The molecule has 0 atom stereocenters. The lowest BCUT2D eigenvalue weighted by atomic mass is 9.86. The van der Waals surface area contributed by atoms with Crippen LogP contribution in [0.15, 0.2) is 18.3 Å². The Morgan fingerprint density at radius 2 is 2.10 bits per heavy atom. The van der Waals surface area contributed by atoms with Crippen molar-refractivity contribution in [2.24, 2.45) is 5.73 Å². The lowest BCUT2D eigenvalue weighted by molar-refractivity contribution is -0.137. The van der Waals surface area contributed by atoms with Gasteiger partial charge < -0.3 is 10.6 Å². The minimum atomic E-state index is -4.45. The van der Waals surface area contributed by atoms with Crippen LogP contribution in [0.25, 0.3) is 0 Å². The molecule has 1 aromatic heterocycles. The Kier molecular flexibility index (Phi) is 3.73. The summed E-state index contributed by atoms with van der Waals surface area (Å²) < 4.78 is 37.2. The molecule has 0 bridgehead atoms. The third kappa shape index (κ3) is 2.92. The number of rotatable bonds is 3. The Hall–Kier alpha value is -1.63. The molecule has 2 heterocycles. The van der Waals surface area contributed by atoms with Crippen molar-refractivity contribution in [1.82, 2.24) is 9.88 Å². The number of alkyl halides is 3. The van der Waals surface area contributed by atoms with Gasteiger partial charge in [0.1, 0.15) is 5.69 Å². The van der Waals surface area contributed by atoms with Crippen LogP contribution in [0.5, 0.6) is 0 Å². The number of carbonyl (C=O) groups is 1. The summed E-state index contributed by atoms with van der Waals surface area (Å²) in [6, 6.07) is 1.96. The third-order valence-corrected chi connectivity index (χ3v) is 3.36. The zero-order chi connectivity index (χ0) is 15.0. The van der Waals surface area contributed by atoms with E-state index in [0.29, 0.717) is 19.3 Å². The summed E-state index contributed by atoms with van der Waals surface area (Å²) in [5.41, 5.74) is 4.82. The number of hydrogen-bond acceptors (Lipinski definition) is 3. The molecular weight excluding hydrogens is 271 g/mol. The van der Waals surface area contributed by atoms with Crippen molar-refractivity contribution >= 4 is 5.91 Å². The first-order valence-electron chi connectivity index (χ1n) is 6.36. The molecule has 0 saturated carbocycles. The molecule has 110 valence electrons. The summed E-state index contributed by atoms with van der Waals surface area (Å²) in [5.74, 6) is -0.379. The lowest BCUT2D eigenvalue weighted by Gasteiger charge is -2.47. The molecule has 0 aliphatic carbocycles. The molecule has 4 nitrogen and oxygen atoms in total. The number of carbonyl (C=O) groups excluding carboxylic acids is 1. The van der Waals surface area contributed by atoms with Gasteiger partial charge in [-0.2, -0.15) is 13.2 Å². The highest BCUT2D eigenvalue weighted by Gasteiger charge is 2.41. The monoisotopic (exact) mass is 287 g/mol. The van der Waals surface area contributed by atoms with Gasteiger partial charge in [0.2, 0.25) is 0 Å². The van der Waals surface area contributed by atoms with Crippen molar-refractivity contribution in [3.05, 3.63) is 29.6 Å². The van der Waals surface area contributed by atoms with Gasteiger partial charge in [-0.15, -0.1) is 0 Å². The van der Waals surface area contributed by atoms with E-state index in [0.717, 1.165) is 25.0 Å². The van der Waals surface area contributed by atoms with Crippen molar-refractivity contribution in [2.75, 3.05) is 13.1 Å². The van der Waals surface area contributed by atoms with Gasteiger partial charge in [-0.05, 0) is 18.6 Å². The smallest absolute Gasteiger partial charge is 0.333 e. The molecule has 1 aromatic rings. The minimum absolute atomic E-state index is 0.0107. The standard InChI is InChI=1S/C13H16F3N3O/c1-2-5-12(17)7-19(8-12)11(20)10-4-3-9(6-18-10)13(14,15)16/h3-4,6H,2,5,7-8,17H2,1H3. The van der Waals surface area contributed by atoms with Crippen molar-refractivity contribution in [3.8, 4) is 0 Å². The number of hydrogen-bond donors (Lipinski definition) is 1. The van der Waals surface area contributed by atoms with Crippen molar-refractivity contribution in [1.29, 1.82) is 0 Å². The number of halogens is 3. The first-order chi connectivity index (χ1) is 9.25. The maximum absolute atomic E-state index is 12.4. The second kappa shape index (κ2) is 5.05. The van der Waals surface area contributed by atoms with Crippen LogP contribution in [0.4, 0.5) is 13.2 Å². The van der Waals surface area contributed by atoms with E-state index in [1.54, 1.807) is 0 Å². The molecule has 1 fully saturated rings. The SMILES string of the molecule is CCCC1(N)CN(C(=O)c2ccc(C(F)(F)F)cn2)C1. The second-order valence-corrected chi connectivity index (χ2v) is 5.20. The predicted molar refractivity (Wildman–Crippen MR) is 67.0 cm³/mol. The molecule has 0 aromatic carbocycles. The maximum atomic E-state index is 12.4. The molecule has 1 aliphatic rings. The quantitative estimate of drug-likeness (QED) is 0.925. The average molecular weight is 287 g/mol. The Balaban J connectivity index is 2.01. The third-order valence-electron chi connectivity index (χ3n) is 3.36. The summed E-state index contributed by atoms with van der Waals surface area (Å²) in [4.78, 5) is 17.1. The van der Waals surface area contributed by atoms with Gasteiger partial charge in [-0.3, -0.25) is 9.78 Å². The molecule has 1 aliphatic heterocycles. The van der Waals surface area contributed by atoms with Crippen molar-refractivity contribution in [2.45, 2.75) is 31.5 Å². The zero-order valence-corrected chi connectivity index (χ0v) is 11.1. The number of nitrogens with zero attached hydrogens (tertiary/aromatic N) is 2. The summed E-state index contributed by atoms with van der Waals surface area (Å²) >= 11 is 0.